The van der Waals surface area contributed by atoms with Crippen LogP contribution in [0.4, 0.5) is 0 Å². The number of carboxylic acids is 1. The van der Waals surface area contributed by atoms with Gasteiger partial charge in [0, 0.05) is 12.3 Å². The van der Waals surface area contributed by atoms with Gasteiger partial charge < -0.3 is 15.3 Å². The Hall–Kier alpha value is -1.20. The minimum Gasteiger partial charge on any atom is -0.481 e. The van der Waals surface area contributed by atoms with Gasteiger partial charge in [-0.25, -0.2) is 0 Å². The Bertz CT molecular complexity index is 951. The molecule has 0 aromatic heterocycles. The number of carboxylic acid groups (broad SMARTS) is 1. The summed E-state index contributed by atoms with van der Waals surface area (Å²) in [4.78, 5) is 24.5. The second-order valence-electron chi connectivity index (χ2n) is 14.5. The lowest BCUT2D eigenvalue weighted by atomic mass is 9.43. The molecule has 4 aliphatic carbocycles. The monoisotopic (exact) mass is 502 g/mol. The largest absolute Gasteiger partial charge is 0.481 e. The van der Waals surface area contributed by atoms with Crippen LogP contribution in [0.1, 0.15) is 107 Å². The first-order chi connectivity index (χ1) is 16.5. The number of hydrogen-bond donors (Lipinski definition) is 3. The molecule has 4 aliphatic rings. The van der Waals surface area contributed by atoms with E-state index in [1.807, 2.05) is 0 Å². The average Bonchev–Trinajstić information content (AvgIpc) is 3.00. The molecule has 5 nitrogen and oxygen atoms in total. The van der Waals surface area contributed by atoms with Crippen molar-refractivity contribution < 1.29 is 24.9 Å². The second-order valence-corrected chi connectivity index (χ2v) is 14.5. The highest BCUT2D eigenvalue weighted by Gasteiger charge is 2.65. The van der Waals surface area contributed by atoms with Gasteiger partial charge in [-0.2, -0.15) is 0 Å². The zero-order valence-corrected chi connectivity index (χ0v) is 23.9. The maximum absolute atomic E-state index is 13.0. The molecule has 36 heavy (non-hydrogen) atoms. The maximum Gasteiger partial charge on any atom is 0.306 e. The Kier molecular flexibility index (Phi) is 6.90. The summed E-state index contributed by atoms with van der Waals surface area (Å²) in [6.07, 6.45) is 6.41. The molecular weight excluding hydrogens is 452 g/mol. The normalized spacial score (nSPS) is 44.2. The van der Waals surface area contributed by atoms with Gasteiger partial charge in [-0.05, 0) is 84.4 Å². The molecular formula is C31H50O5. The van der Waals surface area contributed by atoms with Crippen LogP contribution in [0.15, 0.2) is 11.1 Å². The summed E-state index contributed by atoms with van der Waals surface area (Å²) >= 11 is 0. The number of Topliss-reactive ketones (excluding diaryl/α,β-unsaturated/α-hetero) is 1. The number of ketones is 1. The second kappa shape index (κ2) is 8.93. The number of aliphatic hydroxyl groups excluding tert-OH is 2. The van der Waals surface area contributed by atoms with Crippen molar-refractivity contribution in [2.45, 2.75) is 119 Å². The first kappa shape index (κ1) is 27.8. The number of hydrogen-bond acceptors (Lipinski definition) is 4. The smallest absolute Gasteiger partial charge is 0.306 e. The number of aliphatic carboxylic acids is 1. The van der Waals surface area contributed by atoms with Crippen LogP contribution in [0, 0.1) is 51.2 Å². The van der Waals surface area contributed by atoms with Crippen molar-refractivity contribution >= 4 is 11.8 Å². The molecule has 0 saturated heterocycles. The fourth-order valence-electron chi connectivity index (χ4n) is 9.91. The van der Waals surface area contributed by atoms with Crippen LogP contribution in [0.25, 0.3) is 0 Å². The van der Waals surface area contributed by atoms with Crippen LogP contribution >= 0.6 is 0 Å². The molecule has 10 atom stereocenters. The highest BCUT2D eigenvalue weighted by molar-refractivity contribution is 5.85. The van der Waals surface area contributed by atoms with E-state index < -0.39 is 23.9 Å². The van der Waals surface area contributed by atoms with Gasteiger partial charge in [0.2, 0.25) is 0 Å². The number of fused-ring (bicyclic) bond motifs is 4. The third kappa shape index (κ3) is 3.77. The molecule has 0 aromatic carbocycles. The third-order valence-corrected chi connectivity index (χ3v) is 12.6. The summed E-state index contributed by atoms with van der Waals surface area (Å²) in [5, 5.41) is 31.7. The number of allylic oxidation sites excluding steroid dienone is 2. The molecule has 4 rings (SSSR count). The predicted octanol–water partition coefficient (Wildman–Crippen LogP) is 6.02. The summed E-state index contributed by atoms with van der Waals surface area (Å²) in [7, 11) is 0. The number of rotatable bonds is 6. The van der Waals surface area contributed by atoms with Crippen molar-refractivity contribution in [1.29, 1.82) is 0 Å². The van der Waals surface area contributed by atoms with Gasteiger partial charge in [0.25, 0.3) is 0 Å². The lowest BCUT2D eigenvalue weighted by Crippen LogP contribution is -2.55. The van der Waals surface area contributed by atoms with Crippen molar-refractivity contribution in [2.75, 3.05) is 0 Å². The lowest BCUT2D eigenvalue weighted by Gasteiger charge is -2.62. The maximum atomic E-state index is 13.0. The lowest BCUT2D eigenvalue weighted by molar-refractivity contribution is -0.146. The van der Waals surface area contributed by atoms with E-state index in [1.165, 1.54) is 0 Å². The first-order valence-corrected chi connectivity index (χ1v) is 14.4. The van der Waals surface area contributed by atoms with Gasteiger partial charge >= 0.3 is 5.97 Å². The molecule has 2 fully saturated rings. The minimum atomic E-state index is -0.932. The molecule has 3 N–H and O–H groups in total. The Balaban J connectivity index is 1.64. The molecule has 204 valence electrons. The van der Waals surface area contributed by atoms with E-state index in [0.717, 1.165) is 44.9 Å². The molecule has 0 amide bonds. The zero-order valence-electron chi connectivity index (χ0n) is 23.9. The summed E-state index contributed by atoms with van der Waals surface area (Å²) < 4.78 is 0. The number of aliphatic hydroxyl groups is 2. The van der Waals surface area contributed by atoms with Gasteiger partial charge in [0.05, 0.1) is 18.1 Å². The Morgan fingerprint density at radius 3 is 2.17 bits per heavy atom. The molecule has 0 radical (unpaired) electrons. The van der Waals surface area contributed by atoms with Crippen molar-refractivity contribution in [3.8, 4) is 0 Å². The molecule has 0 heterocycles. The van der Waals surface area contributed by atoms with E-state index in [2.05, 4.69) is 41.5 Å². The van der Waals surface area contributed by atoms with Gasteiger partial charge in [0.1, 0.15) is 5.78 Å². The highest BCUT2D eigenvalue weighted by Crippen LogP contribution is 2.72. The number of carbonyl (C=O) groups is 2. The molecule has 0 aliphatic heterocycles. The minimum absolute atomic E-state index is 0.000562. The van der Waals surface area contributed by atoms with Crippen LogP contribution < -0.4 is 0 Å². The molecule has 0 bridgehead atoms. The van der Waals surface area contributed by atoms with Crippen LogP contribution in [-0.2, 0) is 9.59 Å². The zero-order chi connectivity index (χ0) is 27.0. The topological polar surface area (TPSA) is 94.8 Å². The molecule has 5 heteroatoms. The van der Waals surface area contributed by atoms with E-state index in [9.17, 15) is 24.9 Å². The molecule has 0 aromatic rings. The molecule has 4 unspecified atom stereocenters. The van der Waals surface area contributed by atoms with Crippen molar-refractivity contribution in [3.63, 3.8) is 0 Å². The molecule has 2 saturated carbocycles. The quantitative estimate of drug-likeness (QED) is 0.386. The van der Waals surface area contributed by atoms with Gasteiger partial charge in [-0.1, -0.05) is 66.5 Å². The summed E-state index contributed by atoms with van der Waals surface area (Å²) in [6.45, 7) is 17.1. The Morgan fingerprint density at radius 2 is 1.56 bits per heavy atom. The average molecular weight is 503 g/mol. The summed E-state index contributed by atoms with van der Waals surface area (Å²) in [5.41, 5.74) is 2.99. The SMILES string of the molecule is CC(C(=O)O)C(C)C(=O)CC(C)[C@H]1[C@@H](O)C[C@@]2(C)C3=C(CC[C@]12C)[C@@]1(C)CC[C@@H](O)C(C)(C)C1CC3. The van der Waals surface area contributed by atoms with E-state index in [-0.39, 0.29) is 45.4 Å². The summed E-state index contributed by atoms with van der Waals surface area (Å²) in [6, 6.07) is 0. The summed E-state index contributed by atoms with van der Waals surface area (Å²) in [5.74, 6) is -1.67. The fraction of sp³-hybridized carbons (Fsp3) is 0.871. The third-order valence-electron chi connectivity index (χ3n) is 12.6. The molecule has 0 spiro atoms. The fourth-order valence-corrected chi connectivity index (χ4v) is 9.91. The van der Waals surface area contributed by atoms with Crippen molar-refractivity contribution in [3.05, 3.63) is 11.1 Å². The Labute approximate surface area is 218 Å². The first-order valence-electron chi connectivity index (χ1n) is 14.4. The number of carbonyl (C=O) groups excluding carboxylic acids is 1. The van der Waals surface area contributed by atoms with E-state index >= 15 is 0 Å². The van der Waals surface area contributed by atoms with Crippen molar-refractivity contribution in [2.24, 2.45) is 51.2 Å². The van der Waals surface area contributed by atoms with Crippen LogP contribution in [0.5, 0.6) is 0 Å². The van der Waals surface area contributed by atoms with Gasteiger partial charge in [-0.15, -0.1) is 0 Å². The predicted molar refractivity (Wildman–Crippen MR) is 141 cm³/mol. The van der Waals surface area contributed by atoms with E-state index in [1.54, 1.807) is 25.0 Å². The van der Waals surface area contributed by atoms with E-state index in [0.29, 0.717) is 12.3 Å². The van der Waals surface area contributed by atoms with Gasteiger partial charge in [-0.3, -0.25) is 9.59 Å². The standard InChI is InChI=1S/C31H50O5/c1-17(15-22(32)18(2)19(3)27(35)36)26-23(33)16-31(8)21-9-10-24-28(4,5)25(34)12-13-29(24,6)20(21)11-14-30(26,31)7/h17-19,23-26,33-34H,9-16H2,1-8H3,(H,35,36)/t17?,18?,19?,23-,24?,25+,26-,29+,30+,31-/m0/s1. The van der Waals surface area contributed by atoms with Crippen LogP contribution in [0.3, 0.4) is 0 Å². The highest BCUT2D eigenvalue weighted by atomic mass is 16.4. The van der Waals surface area contributed by atoms with Crippen LogP contribution in [0.2, 0.25) is 0 Å². The van der Waals surface area contributed by atoms with Crippen molar-refractivity contribution in [1.82, 2.24) is 0 Å². The Morgan fingerprint density at radius 1 is 0.917 bits per heavy atom. The van der Waals surface area contributed by atoms with Crippen LogP contribution in [-0.4, -0.2) is 39.3 Å². The van der Waals surface area contributed by atoms with Gasteiger partial charge in [0.15, 0.2) is 0 Å². The van der Waals surface area contributed by atoms with E-state index in [4.69, 9.17) is 0 Å².